The second kappa shape index (κ2) is 6.00. The van der Waals surface area contributed by atoms with Gasteiger partial charge in [-0.05, 0) is 18.1 Å². The highest BCUT2D eigenvalue weighted by Crippen LogP contribution is 2.11. The molecule has 1 aromatic heterocycles. The molecule has 0 aliphatic heterocycles. The first-order valence-corrected chi connectivity index (χ1v) is 5.63. The molecule has 98 valence electrons. The first-order chi connectivity index (χ1) is 8.41. The van der Waals surface area contributed by atoms with Gasteiger partial charge in [-0.2, -0.15) is 0 Å². The summed E-state index contributed by atoms with van der Waals surface area (Å²) in [6.45, 7) is 3.81. The maximum atomic E-state index is 12.2. The zero-order valence-corrected chi connectivity index (χ0v) is 10.5. The lowest BCUT2D eigenvalue weighted by Crippen LogP contribution is -2.39. The van der Waals surface area contributed by atoms with E-state index in [1.165, 1.54) is 11.1 Å². The van der Waals surface area contributed by atoms with Gasteiger partial charge in [-0.25, -0.2) is 4.98 Å². The van der Waals surface area contributed by atoms with Crippen molar-refractivity contribution >= 4 is 17.6 Å². The first-order valence-electron chi connectivity index (χ1n) is 5.63. The number of nitrogens with zero attached hydrogens (tertiary/aromatic N) is 2. The van der Waals surface area contributed by atoms with Crippen molar-refractivity contribution in [3.8, 4) is 0 Å². The number of pyridine rings is 1. The fraction of sp³-hybridized carbons (Fsp3) is 0.417. The molecule has 0 saturated heterocycles. The number of amides is 1. The fourth-order valence-electron chi connectivity index (χ4n) is 1.57. The highest BCUT2D eigenvalue weighted by atomic mass is 16.4. The maximum absolute atomic E-state index is 12.2. The van der Waals surface area contributed by atoms with Crippen LogP contribution in [0.2, 0.25) is 0 Å². The molecule has 0 radical (unpaired) electrons. The van der Waals surface area contributed by atoms with E-state index in [-0.39, 0.29) is 23.8 Å². The highest BCUT2D eigenvalue weighted by Gasteiger charge is 2.22. The molecule has 1 amide bonds. The number of anilines is 1. The molecular formula is C12H17N3O3. The van der Waals surface area contributed by atoms with Gasteiger partial charge in [0.05, 0.1) is 5.69 Å². The number of hydrogen-bond acceptors (Lipinski definition) is 4. The molecule has 0 atom stereocenters. The summed E-state index contributed by atoms with van der Waals surface area (Å²) in [6.07, 6.45) is 1.46. The molecule has 1 heterocycles. The Morgan fingerprint density at radius 3 is 2.67 bits per heavy atom. The van der Waals surface area contributed by atoms with E-state index in [1.54, 1.807) is 12.1 Å². The van der Waals surface area contributed by atoms with Crippen molar-refractivity contribution < 1.29 is 14.7 Å². The minimum absolute atomic E-state index is 0.0967. The molecule has 6 heteroatoms. The van der Waals surface area contributed by atoms with Crippen molar-refractivity contribution in [1.29, 1.82) is 0 Å². The Hall–Kier alpha value is -2.11. The molecule has 1 aromatic rings. The largest absolute Gasteiger partial charge is 0.480 e. The van der Waals surface area contributed by atoms with E-state index in [1.807, 2.05) is 13.8 Å². The standard InChI is InChI=1S/C12H17N3O3/c1-8(2)6-15(7-10(16)17)12(18)11-9(13)4-3-5-14-11/h3-5,8H,6-7,13H2,1-2H3,(H,16,17). The molecular weight excluding hydrogens is 234 g/mol. The number of carboxylic acid groups (broad SMARTS) is 1. The smallest absolute Gasteiger partial charge is 0.323 e. The first kappa shape index (κ1) is 14.0. The van der Waals surface area contributed by atoms with Gasteiger partial charge in [-0.3, -0.25) is 9.59 Å². The van der Waals surface area contributed by atoms with Gasteiger partial charge in [0.1, 0.15) is 6.54 Å². The highest BCUT2D eigenvalue weighted by molar-refractivity contribution is 5.98. The van der Waals surface area contributed by atoms with Crippen molar-refractivity contribution in [3.63, 3.8) is 0 Å². The topological polar surface area (TPSA) is 96.5 Å². The minimum Gasteiger partial charge on any atom is -0.480 e. The summed E-state index contributed by atoms with van der Waals surface area (Å²) < 4.78 is 0. The molecule has 0 aliphatic carbocycles. The lowest BCUT2D eigenvalue weighted by molar-refractivity contribution is -0.137. The number of carbonyl (C=O) groups excluding carboxylic acids is 1. The molecule has 0 aliphatic rings. The van der Waals surface area contributed by atoms with E-state index in [2.05, 4.69) is 4.98 Å². The monoisotopic (exact) mass is 251 g/mol. The van der Waals surface area contributed by atoms with Crippen LogP contribution in [-0.2, 0) is 4.79 Å². The molecule has 18 heavy (non-hydrogen) atoms. The predicted octanol–water partition coefficient (Wildman–Crippen LogP) is 0.847. The summed E-state index contributed by atoms with van der Waals surface area (Å²) in [5.41, 5.74) is 6.01. The van der Waals surface area contributed by atoms with Gasteiger partial charge < -0.3 is 15.7 Å². The Morgan fingerprint density at radius 1 is 1.50 bits per heavy atom. The van der Waals surface area contributed by atoms with Crippen LogP contribution in [0.15, 0.2) is 18.3 Å². The predicted molar refractivity (Wildman–Crippen MR) is 67.0 cm³/mol. The van der Waals surface area contributed by atoms with E-state index in [0.29, 0.717) is 6.54 Å². The van der Waals surface area contributed by atoms with Gasteiger partial charge in [0.25, 0.3) is 5.91 Å². The number of hydrogen-bond donors (Lipinski definition) is 2. The van der Waals surface area contributed by atoms with Gasteiger partial charge in [0.2, 0.25) is 0 Å². The molecule has 0 fully saturated rings. The number of aliphatic carboxylic acids is 1. The zero-order chi connectivity index (χ0) is 13.7. The fourth-order valence-corrected chi connectivity index (χ4v) is 1.57. The van der Waals surface area contributed by atoms with Crippen LogP contribution in [-0.4, -0.2) is 40.0 Å². The molecule has 1 rings (SSSR count). The van der Waals surface area contributed by atoms with Crippen LogP contribution in [0.3, 0.4) is 0 Å². The van der Waals surface area contributed by atoms with Crippen LogP contribution in [0.1, 0.15) is 24.3 Å². The Bertz CT molecular complexity index is 446. The van der Waals surface area contributed by atoms with Gasteiger partial charge >= 0.3 is 5.97 Å². The molecule has 0 unspecified atom stereocenters. The maximum Gasteiger partial charge on any atom is 0.323 e. The van der Waals surface area contributed by atoms with Crippen molar-refractivity contribution in [1.82, 2.24) is 9.88 Å². The summed E-state index contributed by atoms with van der Waals surface area (Å²) in [7, 11) is 0. The third-order valence-corrected chi connectivity index (χ3v) is 2.24. The number of nitrogens with two attached hydrogens (primary N) is 1. The molecule has 6 nitrogen and oxygen atoms in total. The Balaban J connectivity index is 2.95. The number of nitrogen functional groups attached to an aromatic ring is 1. The van der Waals surface area contributed by atoms with E-state index in [9.17, 15) is 9.59 Å². The van der Waals surface area contributed by atoms with E-state index in [4.69, 9.17) is 10.8 Å². The third-order valence-electron chi connectivity index (χ3n) is 2.24. The molecule has 0 bridgehead atoms. The number of rotatable bonds is 5. The summed E-state index contributed by atoms with van der Waals surface area (Å²) >= 11 is 0. The summed E-state index contributed by atoms with van der Waals surface area (Å²) in [5.74, 6) is -1.35. The second-order valence-corrected chi connectivity index (χ2v) is 4.41. The van der Waals surface area contributed by atoms with Crippen LogP contribution in [0.4, 0.5) is 5.69 Å². The molecule has 0 saturated carbocycles. The average Bonchev–Trinajstić information content (AvgIpc) is 2.26. The van der Waals surface area contributed by atoms with Crippen LogP contribution in [0.5, 0.6) is 0 Å². The third kappa shape index (κ3) is 3.73. The Morgan fingerprint density at radius 2 is 2.17 bits per heavy atom. The molecule has 0 spiro atoms. The average molecular weight is 251 g/mol. The van der Waals surface area contributed by atoms with E-state index >= 15 is 0 Å². The number of aromatic nitrogens is 1. The number of carboxylic acids is 1. The summed E-state index contributed by atoms with van der Waals surface area (Å²) in [6, 6.07) is 3.19. The van der Waals surface area contributed by atoms with Crippen molar-refractivity contribution in [2.45, 2.75) is 13.8 Å². The van der Waals surface area contributed by atoms with Crippen molar-refractivity contribution in [2.75, 3.05) is 18.8 Å². The van der Waals surface area contributed by atoms with Gasteiger partial charge in [0, 0.05) is 12.7 Å². The van der Waals surface area contributed by atoms with E-state index < -0.39 is 11.9 Å². The normalized spacial score (nSPS) is 10.4. The zero-order valence-electron chi connectivity index (χ0n) is 10.5. The van der Waals surface area contributed by atoms with Crippen LogP contribution < -0.4 is 5.73 Å². The quantitative estimate of drug-likeness (QED) is 0.808. The van der Waals surface area contributed by atoms with Gasteiger partial charge in [0.15, 0.2) is 5.69 Å². The van der Waals surface area contributed by atoms with E-state index in [0.717, 1.165) is 0 Å². The van der Waals surface area contributed by atoms with Crippen LogP contribution >= 0.6 is 0 Å². The second-order valence-electron chi connectivity index (χ2n) is 4.41. The van der Waals surface area contributed by atoms with Gasteiger partial charge in [-0.1, -0.05) is 13.8 Å². The SMILES string of the molecule is CC(C)CN(CC(=O)O)C(=O)c1ncccc1N. The summed E-state index contributed by atoms with van der Waals surface area (Å²) in [4.78, 5) is 28.1. The lowest BCUT2D eigenvalue weighted by atomic mass is 10.2. The summed E-state index contributed by atoms with van der Waals surface area (Å²) in [5, 5.41) is 8.82. The Labute approximate surface area is 105 Å². The van der Waals surface area contributed by atoms with Crippen molar-refractivity contribution in [2.24, 2.45) is 5.92 Å². The van der Waals surface area contributed by atoms with Crippen LogP contribution in [0, 0.1) is 5.92 Å². The lowest BCUT2D eigenvalue weighted by Gasteiger charge is -2.22. The van der Waals surface area contributed by atoms with Crippen molar-refractivity contribution in [3.05, 3.63) is 24.0 Å². The minimum atomic E-state index is -1.06. The number of carbonyl (C=O) groups is 2. The van der Waals surface area contributed by atoms with Crippen LogP contribution in [0.25, 0.3) is 0 Å². The molecule has 3 N–H and O–H groups in total. The molecule has 0 aromatic carbocycles. The Kier molecular flexibility index (Phi) is 4.65. The van der Waals surface area contributed by atoms with Gasteiger partial charge in [-0.15, -0.1) is 0 Å².